The quantitative estimate of drug-likeness (QED) is 0.498. The Balaban J connectivity index is 2.12. The molecule has 5 heteroatoms. The fraction of sp³-hybridized carbons (Fsp3) is 0.643. The molecule has 1 aliphatic heterocycles. The zero-order chi connectivity index (χ0) is 14.0. The lowest BCUT2D eigenvalue weighted by molar-refractivity contribution is 0.0868. The van der Waals surface area contributed by atoms with Crippen LogP contribution in [0.4, 0.5) is 0 Å². The van der Waals surface area contributed by atoms with Gasteiger partial charge in [-0.05, 0) is 39.7 Å². The summed E-state index contributed by atoms with van der Waals surface area (Å²) in [6.45, 7) is 7.04. The second-order valence-electron chi connectivity index (χ2n) is 5.46. The number of hydrazine groups is 1. The minimum Gasteiger partial charge on any atom is -0.464 e. The lowest BCUT2D eigenvalue weighted by Crippen LogP contribution is -2.42. The van der Waals surface area contributed by atoms with Gasteiger partial charge >= 0.3 is 0 Å². The zero-order valence-corrected chi connectivity index (χ0v) is 11.9. The van der Waals surface area contributed by atoms with Gasteiger partial charge in [0.25, 0.3) is 5.91 Å². The van der Waals surface area contributed by atoms with Crippen molar-refractivity contribution in [2.24, 2.45) is 5.84 Å². The monoisotopic (exact) mass is 265 g/mol. The molecule has 0 aromatic carbocycles. The van der Waals surface area contributed by atoms with Gasteiger partial charge in [-0.3, -0.25) is 15.1 Å². The molecular formula is C14H23N3O2. The number of hydrogen-bond donors (Lipinski definition) is 2. The Morgan fingerprint density at radius 2 is 2.11 bits per heavy atom. The Bertz CT molecular complexity index is 446. The number of piperidine rings is 1. The number of carbonyl (C=O) groups excluding carboxylic acids is 1. The fourth-order valence-corrected chi connectivity index (χ4v) is 2.89. The van der Waals surface area contributed by atoms with Gasteiger partial charge < -0.3 is 4.42 Å². The normalized spacial score (nSPS) is 24.4. The van der Waals surface area contributed by atoms with E-state index in [-0.39, 0.29) is 5.91 Å². The number of nitrogens with zero attached hydrogens (tertiary/aromatic N) is 1. The molecule has 5 nitrogen and oxygen atoms in total. The molecule has 1 saturated heterocycles. The van der Waals surface area contributed by atoms with Gasteiger partial charge in [-0.2, -0.15) is 0 Å². The Hall–Kier alpha value is -1.33. The number of carbonyl (C=O) groups is 1. The van der Waals surface area contributed by atoms with Crippen LogP contribution < -0.4 is 11.3 Å². The SMILES string of the molecule is Cc1oc(CN2C(C)CCCC2C)cc1C(=O)NN. The number of likely N-dealkylation sites (tertiary alicyclic amines) is 1. The van der Waals surface area contributed by atoms with Crippen molar-refractivity contribution in [1.29, 1.82) is 0 Å². The van der Waals surface area contributed by atoms with Crippen LogP contribution in [0, 0.1) is 6.92 Å². The molecule has 0 aliphatic carbocycles. The molecule has 0 spiro atoms. The van der Waals surface area contributed by atoms with Crippen LogP contribution in [0.15, 0.2) is 10.5 Å². The zero-order valence-electron chi connectivity index (χ0n) is 11.9. The topological polar surface area (TPSA) is 71.5 Å². The molecular weight excluding hydrogens is 242 g/mol. The number of nitrogens with one attached hydrogen (secondary N) is 1. The number of nitrogen functional groups attached to an aromatic ring is 1. The van der Waals surface area contributed by atoms with E-state index in [0.717, 1.165) is 12.3 Å². The molecule has 3 N–H and O–H groups in total. The molecule has 106 valence electrons. The third-order valence-electron chi connectivity index (χ3n) is 4.06. The van der Waals surface area contributed by atoms with Crippen LogP contribution in [-0.4, -0.2) is 22.9 Å². The minimum atomic E-state index is -0.299. The predicted octanol–water partition coefficient (Wildman–Crippen LogP) is 1.95. The number of furan rings is 1. The molecule has 1 aliphatic rings. The number of rotatable bonds is 3. The van der Waals surface area contributed by atoms with E-state index in [2.05, 4.69) is 24.2 Å². The molecule has 2 heterocycles. The maximum atomic E-state index is 11.6. The average molecular weight is 265 g/mol. The highest BCUT2D eigenvalue weighted by molar-refractivity contribution is 5.94. The van der Waals surface area contributed by atoms with Crippen molar-refractivity contribution in [3.63, 3.8) is 0 Å². The highest BCUT2D eigenvalue weighted by Gasteiger charge is 2.26. The summed E-state index contributed by atoms with van der Waals surface area (Å²) in [6, 6.07) is 2.91. The maximum Gasteiger partial charge on any atom is 0.268 e. The highest BCUT2D eigenvalue weighted by atomic mass is 16.3. The van der Waals surface area contributed by atoms with E-state index in [1.54, 1.807) is 13.0 Å². The van der Waals surface area contributed by atoms with Crippen LogP contribution in [0.3, 0.4) is 0 Å². The van der Waals surface area contributed by atoms with Crippen LogP contribution in [0.2, 0.25) is 0 Å². The van der Waals surface area contributed by atoms with E-state index >= 15 is 0 Å². The number of nitrogens with two attached hydrogens (primary N) is 1. The summed E-state index contributed by atoms with van der Waals surface area (Å²) in [5.41, 5.74) is 2.67. The van der Waals surface area contributed by atoms with Crippen molar-refractivity contribution in [2.45, 2.75) is 58.7 Å². The molecule has 1 aromatic heterocycles. The van der Waals surface area contributed by atoms with Crippen molar-refractivity contribution >= 4 is 5.91 Å². The second kappa shape index (κ2) is 5.75. The van der Waals surface area contributed by atoms with Gasteiger partial charge in [0, 0.05) is 12.1 Å². The standard InChI is InChI=1S/C14H23N3O2/c1-9-5-4-6-10(2)17(9)8-12-7-13(11(3)19-12)14(18)16-15/h7,9-10H,4-6,8,15H2,1-3H3,(H,16,18). The smallest absolute Gasteiger partial charge is 0.268 e. The van der Waals surface area contributed by atoms with Crippen molar-refractivity contribution in [3.8, 4) is 0 Å². The Morgan fingerprint density at radius 3 is 2.68 bits per heavy atom. The Morgan fingerprint density at radius 1 is 1.47 bits per heavy atom. The molecule has 2 unspecified atom stereocenters. The molecule has 0 radical (unpaired) electrons. The van der Waals surface area contributed by atoms with Gasteiger partial charge in [0.2, 0.25) is 0 Å². The predicted molar refractivity (Wildman–Crippen MR) is 73.4 cm³/mol. The van der Waals surface area contributed by atoms with E-state index in [4.69, 9.17) is 10.3 Å². The molecule has 2 atom stereocenters. The van der Waals surface area contributed by atoms with Crippen molar-refractivity contribution in [1.82, 2.24) is 10.3 Å². The number of amides is 1. The summed E-state index contributed by atoms with van der Waals surface area (Å²) >= 11 is 0. The number of hydrogen-bond acceptors (Lipinski definition) is 4. The van der Waals surface area contributed by atoms with E-state index in [1.807, 2.05) is 0 Å². The first-order chi connectivity index (χ1) is 9.02. The summed E-state index contributed by atoms with van der Waals surface area (Å²) in [7, 11) is 0. The fourth-order valence-electron chi connectivity index (χ4n) is 2.89. The Labute approximate surface area is 114 Å². The second-order valence-corrected chi connectivity index (χ2v) is 5.46. The van der Waals surface area contributed by atoms with Crippen LogP contribution >= 0.6 is 0 Å². The van der Waals surface area contributed by atoms with Crippen molar-refractivity contribution in [2.75, 3.05) is 0 Å². The van der Waals surface area contributed by atoms with E-state index in [0.29, 0.717) is 23.4 Å². The van der Waals surface area contributed by atoms with Gasteiger partial charge in [0.1, 0.15) is 11.5 Å². The first-order valence-corrected chi connectivity index (χ1v) is 6.89. The van der Waals surface area contributed by atoms with Crippen LogP contribution in [0.25, 0.3) is 0 Å². The summed E-state index contributed by atoms with van der Waals surface area (Å²) in [5.74, 6) is 6.31. The van der Waals surface area contributed by atoms with Crippen molar-refractivity contribution in [3.05, 3.63) is 23.2 Å². The van der Waals surface area contributed by atoms with E-state index in [9.17, 15) is 4.79 Å². The van der Waals surface area contributed by atoms with Gasteiger partial charge in [-0.1, -0.05) is 6.42 Å². The minimum absolute atomic E-state index is 0.299. The third-order valence-corrected chi connectivity index (χ3v) is 4.06. The van der Waals surface area contributed by atoms with Gasteiger partial charge in [-0.25, -0.2) is 5.84 Å². The molecule has 0 bridgehead atoms. The average Bonchev–Trinajstić information content (AvgIpc) is 2.74. The molecule has 1 fully saturated rings. The molecule has 19 heavy (non-hydrogen) atoms. The summed E-state index contributed by atoms with van der Waals surface area (Å²) in [6.07, 6.45) is 3.73. The Kier molecular flexibility index (Phi) is 4.27. The summed E-state index contributed by atoms with van der Waals surface area (Å²) < 4.78 is 5.68. The molecule has 1 amide bonds. The van der Waals surface area contributed by atoms with Crippen molar-refractivity contribution < 1.29 is 9.21 Å². The highest BCUT2D eigenvalue weighted by Crippen LogP contribution is 2.26. The van der Waals surface area contributed by atoms with Crippen LogP contribution in [0.5, 0.6) is 0 Å². The summed E-state index contributed by atoms with van der Waals surface area (Å²) in [5, 5.41) is 0. The first kappa shape index (κ1) is 14.1. The number of aryl methyl sites for hydroxylation is 1. The van der Waals surface area contributed by atoms with Gasteiger partial charge in [-0.15, -0.1) is 0 Å². The van der Waals surface area contributed by atoms with Gasteiger partial charge in [0.15, 0.2) is 0 Å². The van der Waals surface area contributed by atoms with E-state index < -0.39 is 0 Å². The van der Waals surface area contributed by atoms with Crippen LogP contribution in [0.1, 0.15) is 55.0 Å². The third kappa shape index (κ3) is 2.98. The molecule has 1 aromatic rings. The van der Waals surface area contributed by atoms with Gasteiger partial charge in [0.05, 0.1) is 12.1 Å². The maximum absolute atomic E-state index is 11.6. The lowest BCUT2D eigenvalue weighted by atomic mass is 9.97. The molecule has 0 saturated carbocycles. The lowest BCUT2D eigenvalue weighted by Gasteiger charge is -2.38. The largest absolute Gasteiger partial charge is 0.464 e. The molecule has 2 rings (SSSR count). The summed E-state index contributed by atoms with van der Waals surface area (Å²) in [4.78, 5) is 14.0. The first-order valence-electron chi connectivity index (χ1n) is 6.89. The van der Waals surface area contributed by atoms with E-state index in [1.165, 1.54) is 19.3 Å². The van der Waals surface area contributed by atoms with Crippen LogP contribution in [-0.2, 0) is 6.54 Å².